The van der Waals surface area contributed by atoms with Crippen LogP contribution in [0.3, 0.4) is 0 Å². The molecule has 5 heteroatoms. The average Bonchev–Trinajstić information content (AvgIpc) is 0.811. The molecule has 0 aliphatic heterocycles. The lowest BCUT2D eigenvalue weighted by atomic mass is 15.8. The topological polar surface area (TPSA) is 89.2 Å². The molecule has 0 saturated carbocycles. The van der Waals surface area contributed by atoms with E-state index in [1.165, 1.54) is 0 Å². The third kappa shape index (κ3) is 302. The second-order valence-electron chi connectivity index (χ2n) is 0.268. The van der Waals surface area contributed by atoms with Crippen LogP contribution in [0.25, 0.3) is 0 Å². The van der Waals surface area contributed by atoms with E-state index in [1.807, 2.05) is 0 Å². The molecule has 0 atom stereocenters. The molecule has 0 aliphatic carbocycles. The predicted molar refractivity (Wildman–Crippen MR) is 14.3 cm³/mol. The highest BCUT2D eigenvalue weighted by Crippen LogP contribution is 2.11. The van der Waals surface area contributed by atoms with E-state index in [0.29, 0.717) is 0 Å². The summed E-state index contributed by atoms with van der Waals surface area (Å²) in [4.78, 5) is 21.7. The van der Waals surface area contributed by atoms with Gasteiger partial charge in [-0.05, 0) is 0 Å². The first-order valence-electron chi connectivity index (χ1n) is 0.600. The molecule has 3 N–H and O–H groups in total. The third-order valence-corrected chi connectivity index (χ3v) is 0. The molecule has 32 valence electrons. The van der Waals surface area contributed by atoms with Crippen molar-refractivity contribution in [1.82, 2.24) is 0 Å². The van der Waals surface area contributed by atoms with Crippen LogP contribution in [-0.2, 0) is 5.48 Å². The maximum atomic E-state index is 7.23. The van der Waals surface area contributed by atoms with Gasteiger partial charge in [-0.1, -0.05) is 0 Å². The van der Waals surface area contributed by atoms with E-state index < -0.39 is 8.60 Å². The molecule has 0 unspecified atom stereocenters. The first-order valence-corrected chi connectivity index (χ1v) is 1.80. The summed E-state index contributed by atoms with van der Waals surface area (Å²) >= 11 is 0. The molecule has 0 aromatic carbocycles. The van der Waals surface area contributed by atoms with Crippen molar-refractivity contribution in [2.75, 3.05) is 0 Å². The molecule has 0 aromatic rings. The Morgan fingerprint density at radius 2 is 1.00 bits per heavy atom. The number of rotatable bonds is 0. The summed E-state index contributed by atoms with van der Waals surface area (Å²) in [5.74, 6) is 0. The van der Waals surface area contributed by atoms with Gasteiger partial charge >= 0.3 is 8.60 Å². The van der Waals surface area contributed by atoms with Crippen molar-refractivity contribution < 1.29 is 20.2 Å². The summed E-state index contributed by atoms with van der Waals surface area (Å²) in [6.45, 7) is 0. The second-order valence-corrected chi connectivity index (χ2v) is 0.805. The minimum Gasteiger partial charge on any atom is -0.328 e. The highest BCUT2D eigenvalue weighted by Gasteiger charge is 1.76. The van der Waals surface area contributed by atoms with E-state index in [2.05, 4.69) is 0 Å². The average molecular weight is 98.0 g/mol. The molecule has 4 nitrogen and oxygen atoms in total. The maximum Gasteiger partial charge on any atom is 0.324 e. The van der Waals surface area contributed by atoms with Crippen molar-refractivity contribution in [3.8, 4) is 0 Å². The number of hydrogen-bond acceptors (Lipinski definition) is 3. The predicted octanol–water partition coefficient (Wildman–Crippen LogP) is -0.929. The molecule has 0 fully saturated rings. The van der Waals surface area contributed by atoms with E-state index in [1.54, 1.807) is 0 Å². The van der Waals surface area contributed by atoms with E-state index in [4.69, 9.17) is 14.7 Å². The summed E-state index contributed by atoms with van der Waals surface area (Å²) in [6.07, 6.45) is 0. The summed E-state index contributed by atoms with van der Waals surface area (Å²) in [7, 11) is -2.62. The molecule has 0 aromatic heterocycles. The molecule has 0 aliphatic rings. The Balaban J connectivity index is 0. The molecule has 0 amide bonds. The Morgan fingerprint density at radius 3 is 1.00 bits per heavy atom. The van der Waals surface area contributed by atoms with Gasteiger partial charge in [-0.2, -0.15) is 0 Å². The van der Waals surface area contributed by atoms with Gasteiger partial charge < -0.3 is 14.7 Å². The van der Waals surface area contributed by atoms with E-state index in [-0.39, 0.29) is 5.48 Å². The third-order valence-electron chi connectivity index (χ3n) is 0. The van der Waals surface area contributed by atoms with Crippen molar-refractivity contribution in [2.24, 2.45) is 0 Å². The Bertz CT molecular complexity index is 8.36. The number of hydrogen-bond donors (Lipinski definition) is 3. The van der Waals surface area contributed by atoms with Crippen LogP contribution >= 0.6 is 8.60 Å². The maximum absolute atomic E-state index is 7.23. The first-order chi connectivity index (χ1) is 1.73. The van der Waals surface area contributed by atoms with Crippen molar-refractivity contribution in [3.63, 3.8) is 0 Å². The van der Waals surface area contributed by atoms with Gasteiger partial charge in [0.05, 0.1) is 0 Å². The zero-order chi connectivity index (χ0) is 3.58. The minimum atomic E-state index is -2.62. The molecule has 5 heavy (non-hydrogen) atoms. The molecule has 0 bridgehead atoms. The van der Waals surface area contributed by atoms with Gasteiger partial charge in [0.15, 0.2) is 0 Å². The van der Waals surface area contributed by atoms with Gasteiger partial charge in [-0.25, -0.2) is 0 Å². The van der Waals surface area contributed by atoms with Crippen LogP contribution < -0.4 is 0 Å². The van der Waals surface area contributed by atoms with Crippen LogP contribution in [0.2, 0.25) is 0 Å². The van der Waals surface area contributed by atoms with Gasteiger partial charge in [0.25, 0.3) is 0 Å². The monoisotopic (exact) mass is 98.0 g/mol. The molecule has 0 rings (SSSR count). The fraction of sp³-hybridized carbons (Fsp3) is 0. The van der Waals surface area contributed by atoms with E-state index in [0.717, 1.165) is 0 Å². The molecular weight excluding hydrogens is 95.0 g/mol. The van der Waals surface area contributed by atoms with Crippen LogP contribution in [0, 0.1) is 0 Å². The molecule has 2 radical (unpaired) electrons. The van der Waals surface area contributed by atoms with Gasteiger partial charge in [0.2, 0.25) is 0 Å². The quantitative estimate of drug-likeness (QED) is 0.342. The normalized spacial score (nSPS) is 7.20. The van der Waals surface area contributed by atoms with Gasteiger partial charge in [0, 0.05) is 5.48 Å². The molecule has 0 saturated heterocycles. The molecular formula is H3O4P. The Hall–Kier alpha value is 0.270. The van der Waals surface area contributed by atoms with E-state index >= 15 is 0 Å². The summed E-state index contributed by atoms with van der Waals surface area (Å²) in [5.41, 5.74) is 0. The standard InChI is InChI=1S/H3O3P.O/c1-4(2)3;/h1-3H;. The van der Waals surface area contributed by atoms with Gasteiger partial charge in [0.1, 0.15) is 0 Å². The van der Waals surface area contributed by atoms with Crippen molar-refractivity contribution in [2.45, 2.75) is 0 Å². The molecule has 0 heterocycles. The Kier molecular flexibility index (Phi) is 7.67. The van der Waals surface area contributed by atoms with Crippen LogP contribution in [0.1, 0.15) is 0 Å². The van der Waals surface area contributed by atoms with Crippen LogP contribution in [0.5, 0.6) is 0 Å². The minimum absolute atomic E-state index is 0. The highest BCUT2D eigenvalue weighted by atomic mass is 31.2. The van der Waals surface area contributed by atoms with Crippen LogP contribution in [0.15, 0.2) is 0 Å². The van der Waals surface area contributed by atoms with Crippen molar-refractivity contribution in [1.29, 1.82) is 0 Å². The SMILES string of the molecule is OP(O)O.[O]. The largest absolute Gasteiger partial charge is 0.328 e. The van der Waals surface area contributed by atoms with Crippen molar-refractivity contribution >= 4 is 8.60 Å². The fourth-order valence-corrected chi connectivity index (χ4v) is 0. The van der Waals surface area contributed by atoms with Crippen LogP contribution in [-0.4, -0.2) is 14.7 Å². The first kappa shape index (κ1) is 8.99. The second kappa shape index (κ2) is 4.27. The smallest absolute Gasteiger partial charge is 0.324 e. The summed E-state index contributed by atoms with van der Waals surface area (Å²) < 4.78 is 0. The zero-order valence-electron chi connectivity index (χ0n) is 2.20. The molecule has 0 spiro atoms. The lowest BCUT2D eigenvalue weighted by Gasteiger charge is -1.76. The lowest BCUT2D eigenvalue weighted by molar-refractivity contribution is 0.368. The highest BCUT2D eigenvalue weighted by molar-refractivity contribution is 7.38. The van der Waals surface area contributed by atoms with E-state index in [9.17, 15) is 0 Å². The van der Waals surface area contributed by atoms with Crippen LogP contribution in [0.4, 0.5) is 0 Å². The van der Waals surface area contributed by atoms with Gasteiger partial charge in [-0.15, -0.1) is 0 Å². The van der Waals surface area contributed by atoms with Crippen molar-refractivity contribution in [3.05, 3.63) is 0 Å². The summed E-state index contributed by atoms with van der Waals surface area (Å²) in [6, 6.07) is 0. The lowest BCUT2D eigenvalue weighted by Crippen LogP contribution is -1.54. The fourth-order valence-electron chi connectivity index (χ4n) is 0. The Labute approximate surface area is 30.0 Å². The Morgan fingerprint density at radius 1 is 1.00 bits per heavy atom. The van der Waals surface area contributed by atoms with Gasteiger partial charge in [-0.3, -0.25) is 0 Å². The summed E-state index contributed by atoms with van der Waals surface area (Å²) in [5, 5.41) is 0. The zero-order valence-corrected chi connectivity index (χ0v) is 3.09.